The third-order valence-corrected chi connectivity index (χ3v) is 7.08. The fraction of sp³-hybridized carbons (Fsp3) is 0.333. The first kappa shape index (κ1) is 18.8. The molecule has 1 aromatic carbocycles. The summed E-state index contributed by atoms with van der Waals surface area (Å²) in [7, 11) is 3.34. The molecule has 1 aliphatic rings. The molecule has 0 aliphatic heterocycles. The van der Waals surface area contributed by atoms with Crippen molar-refractivity contribution >= 4 is 49.9 Å². The number of benzene rings is 1. The van der Waals surface area contributed by atoms with Crippen molar-refractivity contribution in [1.29, 1.82) is 0 Å². The highest BCUT2D eigenvalue weighted by Gasteiger charge is 2.38. The summed E-state index contributed by atoms with van der Waals surface area (Å²) >= 11 is 1.65. The summed E-state index contributed by atoms with van der Waals surface area (Å²) in [4.78, 5) is 23.6. The van der Waals surface area contributed by atoms with E-state index in [9.17, 15) is 4.79 Å². The summed E-state index contributed by atoms with van der Waals surface area (Å²) in [6.07, 6.45) is 5.69. The van der Waals surface area contributed by atoms with E-state index in [4.69, 9.17) is 4.74 Å². The number of H-pyrrole nitrogens is 1. The summed E-state index contributed by atoms with van der Waals surface area (Å²) in [6.45, 7) is 2.04. The van der Waals surface area contributed by atoms with Crippen LogP contribution < -0.4 is 15.4 Å². The van der Waals surface area contributed by atoms with Crippen molar-refractivity contribution in [3.8, 4) is 5.75 Å². The molecule has 5 rings (SSSR count). The third-order valence-electron chi connectivity index (χ3n) is 5.94. The van der Waals surface area contributed by atoms with Gasteiger partial charge in [0.2, 0.25) is 5.91 Å². The van der Waals surface area contributed by atoms with Crippen molar-refractivity contribution < 1.29 is 9.53 Å². The minimum absolute atomic E-state index is 0.0909. The molecule has 1 aliphatic carbocycles. The van der Waals surface area contributed by atoms with Crippen LogP contribution in [0.1, 0.15) is 23.8 Å². The van der Waals surface area contributed by atoms with Gasteiger partial charge in [-0.3, -0.25) is 9.89 Å². The molecule has 9 heteroatoms. The highest BCUT2D eigenvalue weighted by molar-refractivity contribution is 7.19. The van der Waals surface area contributed by atoms with Gasteiger partial charge in [0.05, 0.1) is 35.3 Å². The zero-order valence-corrected chi connectivity index (χ0v) is 17.8. The summed E-state index contributed by atoms with van der Waals surface area (Å²) in [5.41, 5.74) is 2.57. The summed E-state index contributed by atoms with van der Waals surface area (Å²) in [5, 5.41) is 15.3. The van der Waals surface area contributed by atoms with Crippen LogP contribution in [0.25, 0.3) is 21.1 Å². The van der Waals surface area contributed by atoms with Crippen LogP contribution in [0.15, 0.2) is 24.7 Å². The van der Waals surface area contributed by atoms with E-state index in [0.29, 0.717) is 12.2 Å². The van der Waals surface area contributed by atoms with E-state index in [0.717, 1.165) is 45.5 Å². The number of anilines is 2. The number of aromatic amines is 1. The molecule has 0 saturated carbocycles. The molecule has 4 aromatic rings. The average molecular weight is 423 g/mol. The topological polar surface area (TPSA) is 105 Å². The molecular formula is C21H22N6O2S. The minimum atomic E-state index is -0.390. The van der Waals surface area contributed by atoms with Crippen molar-refractivity contribution in [1.82, 2.24) is 25.5 Å². The second-order valence-corrected chi connectivity index (χ2v) is 8.94. The van der Waals surface area contributed by atoms with Gasteiger partial charge < -0.3 is 15.4 Å². The van der Waals surface area contributed by atoms with Crippen LogP contribution in [0.5, 0.6) is 5.75 Å². The predicted octanol–water partition coefficient (Wildman–Crippen LogP) is 3.56. The van der Waals surface area contributed by atoms with Gasteiger partial charge in [0.25, 0.3) is 0 Å². The van der Waals surface area contributed by atoms with Crippen LogP contribution in [0, 0.1) is 5.41 Å². The van der Waals surface area contributed by atoms with E-state index in [1.54, 1.807) is 38.0 Å². The Morgan fingerprint density at radius 1 is 1.33 bits per heavy atom. The van der Waals surface area contributed by atoms with Crippen LogP contribution in [-0.4, -0.2) is 40.2 Å². The molecule has 154 valence electrons. The average Bonchev–Trinajstić information content (AvgIpc) is 3.35. The molecule has 0 radical (unpaired) electrons. The minimum Gasteiger partial charge on any atom is -0.494 e. The molecular weight excluding hydrogens is 400 g/mol. The van der Waals surface area contributed by atoms with Gasteiger partial charge in [0.1, 0.15) is 22.7 Å². The van der Waals surface area contributed by atoms with Crippen molar-refractivity contribution in [2.75, 3.05) is 19.5 Å². The SMILES string of the molecule is CNC(=O)[C@@]1(C)CCc2c(sc3ncnc(Nc4cc5cn[nH]c5cc4OC)c23)C1. The maximum atomic E-state index is 12.4. The number of thiophene rings is 1. The normalized spacial score (nSPS) is 18.4. The Balaban J connectivity index is 1.58. The number of nitrogens with zero attached hydrogens (tertiary/aromatic N) is 3. The van der Waals surface area contributed by atoms with E-state index >= 15 is 0 Å². The molecule has 0 fully saturated rings. The first-order chi connectivity index (χ1) is 14.5. The number of nitrogens with one attached hydrogen (secondary N) is 3. The van der Waals surface area contributed by atoms with Gasteiger partial charge in [0, 0.05) is 23.4 Å². The Morgan fingerprint density at radius 2 is 2.20 bits per heavy atom. The Hall–Kier alpha value is -3.20. The Labute approximate surface area is 177 Å². The Kier molecular flexibility index (Phi) is 4.35. The van der Waals surface area contributed by atoms with Crippen molar-refractivity contribution in [2.24, 2.45) is 5.41 Å². The van der Waals surface area contributed by atoms with Crippen LogP contribution in [0.3, 0.4) is 0 Å². The van der Waals surface area contributed by atoms with Gasteiger partial charge in [-0.25, -0.2) is 9.97 Å². The van der Waals surface area contributed by atoms with E-state index in [1.165, 1.54) is 10.4 Å². The number of carbonyl (C=O) groups excluding carboxylic acids is 1. The highest BCUT2D eigenvalue weighted by Crippen LogP contribution is 2.45. The molecule has 1 amide bonds. The Morgan fingerprint density at radius 3 is 3.00 bits per heavy atom. The van der Waals surface area contributed by atoms with E-state index in [-0.39, 0.29) is 11.3 Å². The third kappa shape index (κ3) is 2.88. The highest BCUT2D eigenvalue weighted by atomic mass is 32.1. The lowest BCUT2D eigenvalue weighted by atomic mass is 9.75. The monoisotopic (exact) mass is 422 g/mol. The van der Waals surface area contributed by atoms with Crippen molar-refractivity contribution in [2.45, 2.75) is 26.2 Å². The number of aryl methyl sites for hydroxylation is 1. The van der Waals surface area contributed by atoms with Crippen molar-refractivity contribution in [3.05, 3.63) is 35.1 Å². The number of hydrogen-bond donors (Lipinski definition) is 3. The van der Waals surface area contributed by atoms with Gasteiger partial charge >= 0.3 is 0 Å². The van der Waals surface area contributed by atoms with Crippen LogP contribution >= 0.6 is 11.3 Å². The summed E-state index contributed by atoms with van der Waals surface area (Å²) < 4.78 is 5.57. The first-order valence-corrected chi connectivity index (χ1v) is 10.6. The fourth-order valence-corrected chi connectivity index (χ4v) is 5.62. The van der Waals surface area contributed by atoms with Gasteiger partial charge in [-0.1, -0.05) is 6.92 Å². The van der Waals surface area contributed by atoms with E-state index in [1.807, 2.05) is 19.1 Å². The molecule has 0 saturated heterocycles. The molecule has 0 spiro atoms. The van der Waals surface area contributed by atoms with Crippen molar-refractivity contribution in [3.63, 3.8) is 0 Å². The van der Waals surface area contributed by atoms with Gasteiger partial charge in [0.15, 0.2) is 0 Å². The predicted molar refractivity (Wildman–Crippen MR) is 118 cm³/mol. The standard InChI is InChI=1S/C21H22N6O2S/c1-21(20(28)22-2)5-4-12-16(8-21)30-19-17(12)18(23-10-24-19)26-14-6-11-9-25-27-13(11)7-15(14)29-3/h6-7,9-10H,4-5,8H2,1-3H3,(H,22,28)(H,25,27)(H,23,24,26)/t21-/m0/s1. The zero-order valence-electron chi connectivity index (χ0n) is 17.0. The zero-order chi connectivity index (χ0) is 20.9. The second kappa shape index (κ2) is 6.94. The second-order valence-electron chi connectivity index (χ2n) is 7.86. The molecule has 3 heterocycles. The maximum absolute atomic E-state index is 12.4. The molecule has 0 unspecified atom stereocenters. The number of amides is 1. The van der Waals surface area contributed by atoms with Crippen LogP contribution in [0.4, 0.5) is 11.5 Å². The molecule has 8 nitrogen and oxygen atoms in total. The molecule has 3 aromatic heterocycles. The number of rotatable bonds is 4. The smallest absolute Gasteiger partial charge is 0.226 e. The number of hydrogen-bond acceptors (Lipinski definition) is 7. The summed E-state index contributed by atoms with van der Waals surface area (Å²) in [6, 6.07) is 3.91. The molecule has 3 N–H and O–H groups in total. The molecule has 0 bridgehead atoms. The van der Waals surface area contributed by atoms with Crippen LogP contribution in [-0.2, 0) is 17.6 Å². The largest absolute Gasteiger partial charge is 0.494 e. The lowest BCUT2D eigenvalue weighted by molar-refractivity contribution is -0.130. The quantitative estimate of drug-likeness (QED) is 0.464. The number of ether oxygens (including phenoxy) is 1. The summed E-state index contributed by atoms with van der Waals surface area (Å²) in [5.74, 6) is 1.55. The number of aromatic nitrogens is 4. The number of fused-ring (bicyclic) bond motifs is 4. The number of carbonyl (C=O) groups is 1. The van der Waals surface area contributed by atoms with Gasteiger partial charge in [-0.2, -0.15) is 5.10 Å². The van der Waals surface area contributed by atoms with E-state index < -0.39 is 0 Å². The Bertz CT molecular complexity index is 1280. The molecule has 1 atom stereocenters. The maximum Gasteiger partial charge on any atom is 0.226 e. The van der Waals surface area contributed by atoms with Crippen LogP contribution in [0.2, 0.25) is 0 Å². The van der Waals surface area contributed by atoms with Gasteiger partial charge in [-0.15, -0.1) is 11.3 Å². The first-order valence-electron chi connectivity index (χ1n) is 9.78. The van der Waals surface area contributed by atoms with E-state index in [2.05, 4.69) is 30.8 Å². The van der Waals surface area contributed by atoms with Gasteiger partial charge in [-0.05, 0) is 30.9 Å². The fourth-order valence-electron chi connectivity index (χ4n) is 4.24. The lowest BCUT2D eigenvalue weighted by Crippen LogP contribution is -2.40. The lowest BCUT2D eigenvalue weighted by Gasteiger charge is -2.31. The number of methoxy groups -OCH3 is 1. The molecule has 30 heavy (non-hydrogen) atoms.